The molecule has 0 bridgehead atoms. The number of carbonyl (C=O) groups excluding carboxylic acids is 1. The highest BCUT2D eigenvalue weighted by Crippen LogP contribution is 2.19. The molecular formula is C17H17N5OS2. The summed E-state index contributed by atoms with van der Waals surface area (Å²) in [6, 6.07) is 9.74. The van der Waals surface area contributed by atoms with Crippen LogP contribution in [0.1, 0.15) is 16.4 Å². The summed E-state index contributed by atoms with van der Waals surface area (Å²) >= 11 is 3.15. The number of thioether (sulfide) groups is 1. The third-order valence-corrected chi connectivity index (χ3v) is 5.25. The van der Waals surface area contributed by atoms with Gasteiger partial charge in [-0.3, -0.25) is 9.78 Å². The lowest BCUT2D eigenvalue weighted by atomic mass is 10.4. The van der Waals surface area contributed by atoms with Gasteiger partial charge in [-0.15, -0.1) is 21.5 Å². The van der Waals surface area contributed by atoms with Gasteiger partial charge in [0.1, 0.15) is 0 Å². The van der Waals surface area contributed by atoms with Crippen LogP contribution in [0.4, 0.5) is 0 Å². The minimum atomic E-state index is -0.154. The summed E-state index contributed by atoms with van der Waals surface area (Å²) in [7, 11) is 1.89. The predicted octanol–water partition coefficient (Wildman–Crippen LogP) is 2.89. The Bertz CT molecular complexity index is 843. The van der Waals surface area contributed by atoms with E-state index in [-0.39, 0.29) is 5.91 Å². The van der Waals surface area contributed by atoms with Crippen LogP contribution < -0.4 is 5.32 Å². The second kappa shape index (κ2) is 8.59. The molecule has 3 rings (SSSR count). The molecule has 1 amide bonds. The van der Waals surface area contributed by atoms with Crippen LogP contribution in [-0.2, 0) is 24.1 Å². The average Bonchev–Trinajstić information content (AvgIpc) is 3.27. The topological polar surface area (TPSA) is 72.7 Å². The minimum absolute atomic E-state index is 0.154. The van der Waals surface area contributed by atoms with Crippen LogP contribution in [0.2, 0.25) is 0 Å². The zero-order chi connectivity index (χ0) is 17.5. The monoisotopic (exact) mass is 371 g/mol. The molecule has 3 aromatic rings. The number of pyridine rings is 1. The lowest BCUT2D eigenvalue weighted by Gasteiger charge is -2.04. The van der Waals surface area contributed by atoms with E-state index in [1.54, 1.807) is 35.4 Å². The zero-order valence-electron chi connectivity index (χ0n) is 13.6. The van der Waals surface area contributed by atoms with Gasteiger partial charge in [0.15, 0.2) is 11.0 Å². The standard InChI is InChI=1S/C17H17N5OS2/c1-22-15(11-19-16(23)8-7-14-6-4-10-24-14)20-21-17(22)25-12-13-5-2-3-9-18-13/h2-10H,11-12H2,1H3,(H,19,23). The number of carbonyl (C=O) groups is 1. The second-order valence-corrected chi connectivity index (χ2v) is 7.06. The summed E-state index contributed by atoms with van der Waals surface area (Å²) in [5.74, 6) is 1.28. The molecule has 128 valence electrons. The highest BCUT2D eigenvalue weighted by Gasteiger charge is 2.10. The van der Waals surface area contributed by atoms with Crippen LogP contribution in [0.5, 0.6) is 0 Å². The average molecular weight is 371 g/mol. The van der Waals surface area contributed by atoms with E-state index in [9.17, 15) is 4.79 Å². The van der Waals surface area contributed by atoms with Crippen molar-refractivity contribution in [2.45, 2.75) is 17.5 Å². The third kappa shape index (κ3) is 5.01. The number of aromatic nitrogens is 4. The highest BCUT2D eigenvalue weighted by molar-refractivity contribution is 7.98. The van der Waals surface area contributed by atoms with Gasteiger partial charge in [-0.25, -0.2) is 0 Å². The highest BCUT2D eigenvalue weighted by atomic mass is 32.2. The molecular weight excluding hydrogens is 354 g/mol. The fourth-order valence-corrected chi connectivity index (χ4v) is 3.48. The number of amides is 1. The van der Waals surface area contributed by atoms with Crippen molar-refractivity contribution in [1.82, 2.24) is 25.1 Å². The van der Waals surface area contributed by atoms with E-state index < -0.39 is 0 Å². The van der Waals surface area contributed by atoms with Crippen molar-refractivity contribution < 1.29 is 4.79 Å². The molecule has 0 fully saturated rings. The van der Waals surface area contributed by atoms with E-state index in [0.29, 0.717) is 12.4 Å². The van der Waals surface area contributed by atoms with Gasteiger partial charge in [0.05, 0.1) is 12.2 Å². The largest absolute Gasteiger partial charge is 0.345 e. The minimum Gasteiger partial charge on any atom is -0.345 e. The first-order chi connectivity index (χ1) is 12.2. The molecule has 0 aliphatic rings. The van der Waals surface area contributed by atoms with Crippen molar-refractivity contribution in [3.8, 4) is 0 Å². The molecule has 0 aliphatic carbocycles. The molecule has 0 saturated carbocycles. The Morgan fingerprint density at radius 3 is 3.00 bits per heavy atom. The summed E-state index contributed by atoms with van der Waals surface area (Å²) in [6.07, 6.45) is 5.10. The molecule has 3 aromatic heterocycles. The van der Waals surface area contributed by atoms with Gasteiger partial charge in [-0.1, -0.05) is 23.9 Å². The molecule has 0 aromatic carbocycles. The van der Waals surface area contributed by atoms with Gasteiger partial charge in [-0.05, 0) is 29.7 Å². The Morgan fingerprint density at radius 2 is 2.24 bits per heavy atom. The fraction of sp³-hybridized carbons (Fsp3) is 0.176. The van der Waals surface area contributed by atoms with Crippen LogP contribution in [0.15, 0.2) is 53.1 Å². The number of nitrogens with zero attached hydrogens (tertiary/aromatic N) is 4. The Hall–Kier alpha value is -2.45. The number of thiophene rings is 1. The van der Waals surface area contributed by atoms with Crippen molar-refractivity contribution in [3.05, 3.63) is 64.4 Å². The van der Waals surface area contributed by atoms with Crippen molar-refractivity contribution >= 4 is 35.1 Å². The van der Waals surface area contributed by atoms with Crippen molar-refractivity contribution in [1.29, 1.82) is 0 Å². The molecule has 0 spiro atoms. The smallest absolute Gasteiger partial charge is 0.244 e. The van der Waals surface area contributed by atoms with E-state index in [4.69, 9.17) is 0 Å². The van der Waals surface area contributed by atoms with Crippen molar-refractivity contribution in [2.75, 3.05) is 0 Å². The summed E-state index contributed by atoms with van der Waals surface area (Å²) < 4.78 is 1.89. The molecule has 0 atom stereocenters. The van der Waals surface area contributed by atoms with Crippen molar-refractivity contribution in [3.63, 3.8) is 0 Å². The zero-order valence-corrected chi connectivity index (χ0v) is 15.3. The van der Waals surface area contributed by atoms with E-state index in [1.165, 1.54) is 6.08 Å². The second-order valence-electron chi connectivity index (χ2n) is 5.13. The quantitative estimate of drug-likeness (QED) is 0.511. The van der Waals surface area contributed by atoms with Gasteiger partial charge in [0.2, 0.25) is 5.91 Å². The first-order valence-electron chi connectivity index (χ1n) is 7.63. The molecule has 0 unspecified atom stereocenters. The first kappa shape index (κ1) is 17.4. The van der Waals surface area contributed by atoms with E-state index >= 15 is 0 Å². The fourth-order valence-electron chi connectivity index (χ4n) is 2.02. The first-order valence-corrected chi connectivity index (χ1v) is 9.49. The lowest BCUT2D eigenvalue weighted by Crippen LogP contribution is -2.22. The normalized spacial score (nSPS) is 11.1. The Labute approximate surface area is 154 Å². The van der Waals surface area contributed by atoms with Crippen LogP contribution in [0.3, 0.4) is 0 Å². The van der Waals surface area contributed by atoms with Gasteiger partial charge in [-0.2, -0.15) is 0 Å². The van der Waals surface area contributed by atoms with E-state index in [1.807, 2.05) is 47.3 Å². The molecule has 1 N–H and O–H groups in total. The van der Waals surface area contributed by atoms with Crippen LogP contribution in [-0.4, -0.2) is 25.7 Å². The molecule has 3 heterocycles. The molecule has 6 nitrogen and oxygen atoms in total. The van der Waals surface area contributed by atoms with E-state index in [0.717, 1.165) is 21.5 Å². The summed E-state index contributed by atoms with van der Waals surface area (Å²) in [5, 5.41) is 13.9. The van der Waals surface area contributed by atoms with Crippen LogP contribution >= 0.6 is 23.1 Å². The molecule has 0 aliphatic heterocycles. The van der Waals surface area contributed by atoms with Gasteiger partial charge in [0.25, 0.3) is 0 Å². The number of hydrogen-bond donors (Lipinski definition) is 1. The molecule has 25 heavy (non-hydrogen) atoms. The van der Waals surface area contributed by atoms with E-state index in [2.05, 4.69) is 20.5 Å². The maximum Gasteiger partial charge on any atom is 0.244 e. The Kier molecular flexibility index (Phi) is 5.97. The van der Waals surface area contributed by atoms with Crippen LogP contribution in [0, 0.1) is 0 Å². The SMILES string of the molecule is Cn1c(CNC(=O)C=Cc2cccs2)nnc1SCc1ccccn1. The number of nitrogens with one attached hydrogen (secondary N) is 1. The molecule has 0 radical (unpaired) electrons. The molecule has 8 heteroatoms. The van der Waals surface area contributed by atoms with Gasteiger partial charge < -0.3 is 9.88 Å². The summed E-state index contributed by atoms with van der Waals surface area (Å²) in [6.45, 7) is 0.335. The number of hydrogen-bond acceptors (Lipinski definition) is 6. The Morgan fingerprint density at radius 1 is 1.32 bits per heavy atom. The summed E-state index contributed by atoms with van der Waals surface area (Å²) in [4.78, 5) is 17.2. The third-order valence-electron chi connectivity index (χ3n) is 3.36. The summed E-state index contributed by atoms with van der Waals surface area (Å²) in [5.41, 5.74) is 0.990. The number of rotatable bonds is 7. The van der Waals surface area contributed by atoms with Gasteiger partial charge in [0, 0.05) is 30.0 Å². The predicted molar refractivity (Wildman–Crippen MR) is 100 cm³/mol. The Balaban J connectivity index is 1.51. The van der Waals surface area contributed by atoms with Crippen molar-refractivity contribution in [2.24, 2.45) is 7.05 Å². The van der Waals surface area contributed by atoms with Crippen LogP contribution in [0.25, 0.3) is 6.08 Å². The lowest BCUT2D eigenvalue weighted by molar-refractivity contribution is -0.116. The molecule has 0 saturated heterocycles. The maximum absolute atomic E-state index is 11.9. The maximum atomic E-state index is 11.9. The van der Waals surface area contributed by atoms with Gasteiger partial charge >= 0.3 is 0 Å².